The lowest BCUT2D eigenvalue weighted by Gasteiger charge is -2.16. The summed E-state index contributed by atoms with van der Waals surface area (Å²) in [5, 5.41) is 6.69. The first-order chi connectivity index (χ1) is 9.61. The van der Waals surface area contributed by atoms with Crippen molar-refractivity contribution in [1.29, 1.82) is 0 Å². The van der Waals surface area contributed by atoms with Crippen LogP contribution < -0.4 is 10.6 Å². The highest BCUT2D eigenvalue weighted by molar-refractivity contribution is 5.57. The molecule has 2 rings (SSSR count). The van der Waals surface area contributed by atoms with Gasteiger partial charge >= 0.3 is 0 Å². The molecule has 0 aromatic carbocycles. The van der Waals surface area contributed by atoms with Crippen LogP contribution in [-0.2, 0) is 0 Å². The van der Waals surface area contributed by atoms with Gasteiger partial charge in [-0.2, -0.15) is 0 Å². The normalized spacial score (nSPS) is 15.8. The Morgan fingerprint density at radius 1 is 1.15 bits per heavy atom. The average molecular weight is 276 g/mol. The van der Waals surface area contributed by atoms with E-state index in [1.54, 1.807) is 0 Å². The topological polar surface area (TPSA) is 49.8 Å². The van der Waals surface area contributed by atoms with E-state index < -0.39 is 0 Å². The third-order valence-corrected chi connectivity index (χ3v) is 4.24. The van der Waals surface area contributed by atoms with Crippen molar-refractivity contribution in [3.05, 3.63) is 11.4 Å². The molecule has 112 valence electrons. The van der Waals surface area contributed by atoms with Gasteiger partial charge in [0.15, 0.2) is 0 Å². The molecule has 1 aromatic heterocycles. The Labute approximate surface area is 122 Å². The van der Waals surface area contributed by atoms with Crippen molar-refractivity contribution >= 4 is 11.6 Å². The van der Waals surface area contributed by atoms with Crippen molar-refractivity contribution in [3.63, 3.8) is 0 Å². The second-order valence-electron chi connectivity index (χ2n) is 6.17. The van der Waals surface area contributed by atoms with E-state index in [4.69, 9.17) is 0 Å². The van der Waals surface area contributed by atoms with E-state index in [0.29, 0.717) is 5.92 Å². The standard InChI is InChI=1S/C16H28N4/c1-11(2)14-19-15(17-4)12(3)16(20-14)18-10-9-13-7-5-6-8-13/h11,13H,5-10H2,1-4H3,(H2,17,18,19,20). The Hall–Kier alpha value is -1.32. The molecule has 1 aromatic rings. The van der Waals surface area contributed by atoms with Crippen LogP contribution in [0.2, 0.25) is 0 Å². The van der Waals surface area contributed by atoms with Gasteiger partial charge in [0.1, 0.15) is 17.5 Å². The minimum absolute atomic E-state index is 0.345. The molecule has 1 aliphatic rings. The number of anilines is 2. The second-order valence-corrected chi connectivity index (χ2v) is 6.17. The summed E-state index contributed by atoms with van der Waals surface area (Å²) in [5.74, 6) is 4.09. The number of nitrogens with zero attached hydrogens (tertiary/aromatic N) is 2. The highest BCUT2D eigenvalue weighted by atomic mass is 15.1. The minimum Gasteiger partial charge on any atom is -0.373 e. The van der Waals surface area contributed by atoms with Crippen LogP contribution in [0.4, 0.5) is 11.6 Å². The van der Waals surface area contributed by atoms with E-state index in [9.17, 15) is 0 Å². The zero-order valence-electron chi connectivity index (χ0n) is 13.3. The molecule has 0 spiro atoms. The van der Waals surface area contributed by atoms with Crippen molar-refractivity contribution in [2.24, 2.45) is 5.92 Å². The van der Waals surface area contributed by atoms with Crippen LogP contribution in [0.15, 0.2) is 0 Å². The fourth-order valence-electron chi connectivity index (χ4n) is 2.90. The summed E-state index contributed by atoms with van der Waals surface area (Å²) < 4.78 is 0. The van der Waals surface area contributed by atoms with Gasteiger partial charge in [-0.15, -0.1) is 0 Å². The van der Waals surface area contributed by atoms with Gasteiger partial charge in [0, 0.05) is 25.1 Å². The van der Waals surface area contributed by atoms with Crippen molar-refractivity contribution in [2.45, 2.75) is 58.8 Å². The monoisotopic (exact) mass is 276 g/mol. The largest absolute Gasteiger partial charge is 0.373 e. The number of hydrogen-bond acceptors (Lipinski definition) is 4. The molecule has 0 unspecified atom stereocenters. The van der Waals surface area contributed by atoms with Gasteiger partial charge in [0.2, 0.25) is 0 Å². The zero-order chi connectivity index (χ0) is 14.5. The number of nitrogens with one attached hydrogen (secondary N) is 2. The summed E-state index contributed by atoms with van der Waals surface area (Å²) in [7, 11) is 1.92. The van der Waals surface area contributed by atoms with Gasteiger partial charge in [0.05, 0.1) is 0 Å². The average Bonchev–Trinajstić information content (AvgIpc) is 2.93. The molecular formula is C16H28N4. The molecule has 4 heteroatoms. The third-order valence-electron chi connectivity index (χ3n) is 4.24. The zero-order valence-corrected chi connectivity index (χ0v) is 13.3. The van der Waals surface area contributed by atoms with Crippen molar-refractivity contribution in [3.8, 4) is 0 Å². The Balaban J connectivity index is 2.03. The molecule has 20 heavy (non-hydrogen) atoms. The van der Waals surface area contributed by atoms with Gasteiger partial charge < -0.3 is 10.6 Å². The summed E-state index contributed by atoms with van der Waals surface area (Å²) >= 11 is 0. The Morgan fingerprint density at radius 3 is 2.40 bits per heavy atom. The van der Waals surface area contributed by atoms with Gasteiger partial charge in [-0.1, -0.05) is 39.5 Å². The van der Waals surface area contributed by atoms with E-state index in [1.807, 2.05) is 7.05 Å². The molecule has 0 saturated heterocycles. The van der Waals surface area contributed by atoms with E-state index in [-0.39, 0.29) is 0 Å². The maximum Gasteiger partial charge on any atom is 0.135 e. The highest BCUT2D eigenvalue weighted by Crippen LogP contribution is 2.28. The van der Waals surface area contributed by atoms with Crippen LogP contribution in [0.25, 0.3) is 0 Å². The molecule has 1 fully saturated rings. The summed E-state index contributed by atoms with van der Waals surface area (Å²) in [4.78, 5) is 9.26. The Morgan fingerprint density at radius 2 is 1.80 bits per heavy atom. The molecule has 0 atom stereocenters. The maximum atomic E-state index is 4.68. The number of hydrogen-bond donors (Lipinski definition) is 2. The summed E-state index contributed by atoms with van der Waals surface area (Å²) in [6, 6.07) is 0. The van der Waals surface area contributed by atoms with Crippen LogP contribution in [0.3, 0.4) is 0 Å². The SMILES string of the molecule is CNc1nc(C(C)C)nc(NCCC2CCCC2)c1C. The molecule has 2 N–H and O–H groups in total. The molecular weight excluding hydrogens is 248 g/mol. The van der Waals surface area contributed by atoms with Crippen LogP contribution in [-0.4, -0.2) is 23.6 Å². The first-order valence-electron chi connectivity index (χ1n) is 7.92. The van der Waals surface area contributed by atoms with Crippen LogP contribution in [0.1, 0.15) is 63.3 Å². The second kappa shape index (κ2) is 6.91. The molecule has 0 amide bonds. The van der Waals surface area contributed by atoms with Gasteiger partial charge in [-0.25, -0.2) is 9.97 Å². The Bertz CT molecular complexity index is 436. The van der Waals surface area contributed by atoms with Crippen molar-refractivity contribution < 1.29 is 0 Å². The summed E-state index contributed by atoms with van der Waals surface area (Å²) in [6.07, 6.45) is 6.90. The van der Waals surface area contributed by atoms with Crippen LogP contribution in [0, 0.1) is 12.8 Å². The Kier molecular flexibility index (Phi) is 5.21. The minimum atomic E-state index is 0.345. The molecule has 1 heterocycles. The lowest BCUT2D eigenvalue weighted by atomic mass is 10.0. The lowest BCUT2D eigenvalue weighted by Crippen LogP contribution is -2.13. The molecule has 1 saturated carbocycles. The quantitative estimate of drug-likeness (QED) is 0.826. The molecule has 4 nitrogen and oxygen atoms in total. The number of aromatic nitrogens is 2. The summed E-state index contributed by atoms with van der Waals surface area (Å²) in [6.45, 7) is 7.36. The fraction of sp³-hybridized carbons (Fsp3) is 0.750. The fourth-order valence-corrected chi connectivity index (χ4v) is 2.90. The first kappa shape index (κ1) is 15.1. The van der Waals surface area contributed by atoms with Crippen molar-refractivity contribution in [1.82, 2.24) is 9.97 Å². The van der Waals surface area contributed by atoms with Gasteiger partial charge in [-0.3, -0.25) is 0 Å². The van der Waals surface area contributed by atoms with E-state index >= 15 is 0 Å². The van der Waals surface area contributed by atoms with E-state index in [2.05, 4.69) is 41.4 Å². The predicted octanol–water partition coefficient (Wildman–Crippen LogP) is 3.94. The van der Waals surface area contributed by atoms with Gasteiger partial charge in [0.25, 0.3) is 0 Å². The predicted molar refractivity (Wildman–Crippen MR) is 85.5 cm³/mol. The molecule has 0 bridgehead atoms. The summed E-state index contributed by atoms with van der Waals surface area (Å²) in [5.41, 5.74) is 1.11. The van der Waals surface area contributed by atoms with E-state index in [1.165, 1.54) is 32.1 Å². The first-order valence-corrected chi connectivity index (χ1v) is 7.92. The van der Waals surface area contributed by atoms with E-state index in [0.717, 1.165) is 35.5 Å². The van der Waals surface area contributed by atoms with Crippen molar-refractivity contribution in [2.75, 3.05) is 24.2 Å². The smallest absolute Gasteiger partial charge is 0.135 e. The molecule has 0 radical (unpaired) electrons. The van der Waals surface area contributed by atoms with Gasteiger partial charge in [-0.05, 0) is 19.3 Å². The lowest BCUT2D eigenvalue weighted by molar-refractivity contribution is 0.518. The van der Waals surface area contributed by atoms with Crippen LogP contribution in [0.5, 0.6) is 0 Å². The van der Waals surface area contributed by atoms with Crippen LogP contribution >= 0.6 is 0 Å². The number of rotatable bonds is 6. The molecule has 1 aliphatic carbocycles. The highest BCUT2D eigenvalue weighted by Gasteiger charge is 2.15. The molecule has 0 aliphatic heterocycles. The maximum absolute atomic E-state index is 4.68. The third kappa shape index (κ3) is 3.62.